The zero-order valence-corrected chi connectivity index (χ0v) is 17.2. The van der Waals surface area contributed by atoms with Gasteiger partial charge in [0.25, 0.3) is 5.91 Å². The molecule has 0 spiro atoms. The van der Waals surface area contributed by atoms with Gasteiger partial charge in [0.05, 0.1) is 24.4 Å². The number of benzene rings is 2. The number of rotatable bonds is 9. The average Bonchev–Trinajstić information content (AvgIpc) is 2.68. The van der Waals surface area contributed by atoms with E-state index in [2.05, 4.69) is 5.32 Å². The van der Waals surface area contributed by atoms with E-state index < -0.39 is 0 Å². The number of amides is 2. The van der Waals surface area contributed by atoms with Gasteiger partial charge < -0.3 is 19.7 Å². The lowest BCUT2D eigenvalue weighted by molar-refractivity contribution is -0.136. The first kappa shape index (κ1) is 21.9. The first-order chi connectivity index (χ1) is 13.4. The third-order valence-electron chi connectivity index (χ3n) is 3.81. The molecule has 28 heavy (non-hydrogen) atoms. The number of carbonyl (C=O) groups excluding carboxylic acids is 2. The number of halogens is 2. The molecule has 0 saturated heterocycles. The Kier molecular flexibility index (Phi) is 8.42. The molecule has 2 aromatic rings. The molecule has 150 valence electrons. The van der Waals surface area contributed by atoms with E-state index in [4.69, 9.17) is 32.7 Å². The summed E-state index contributed by atoms with van der Waals surface area (Å²) in [5.41, 5.74) is 0.439. The molecule has 0 aliphatic rings. The van der Waals surface area contributed by atoms with Crippen LogP contribution in [0.5, 0.6) is 11.5 Å². The molecule has 0 bridgehead atoms. The summed E-state index contributed by atoms with van der Waals surface area (Å²) in [6, 6.07) is 11.7. The summed E-state index contributed by atoms with van der Waals surface area (Å²) in [6.45, 7) is 2.10. The van der Waals surface area contributed by atoms with Gasteiger partial charge >= 0.3 is 0 Å². The molecule has 0 aliphatic carbocycles. The fourth-order valence-corrected chi connectivity index (χ4v) is 2.88. The van der Waals surface area contributed by atoms with Crippen LogP contribution < -0.4 is 14.8 Å². The van der Waals surface area contributed by atoms with Crippen LogP contribution in [0.1, 0.15) is 13.3 Å². The molecule has 2 aromatic carbocycles. The monoisotopic (exact) mass is 424 g/mol. The SMILES string of the molecule is CCCN(CC(=O)Nc1ccc(Cl)cc1Cl)C(=O)COc1ccc(OC)cc1. The molecule has 2 rings (SSSR count). The number of anilines is 1. The summed E-state index contributed by atoms with van der Waals surface area (Å²) in [5.74, 6) is 0.609. The van der Waals surface area contributed by atoms with Gasteiger partial charge in [-0.05, 0) is 48.9 Å². The van der Waals surface area contributed by atoms with E-state index >= 15 is 0 Å². The van der Waals surface area contributed by atoms with E-state index in [0.717, 1.165) is 0 Å². The predicted octanol–water partition coefficient (Wildman–Crippen LogP) is 4.26. The van der Waals surface area contributed by atoms with Gasteiger partial charge in [0.2, 0.25) is 5.91 Å². The Morgan fingerprint density at radius 3 is 2.36 bits per heavy atom. The van der Waals surface area contributed by atoms with Crippen LogP contribution in [-0.4, -0.2) is 43.5 Å². The number of hydrogen-bond donors (Lipinski definition) is 1. The zero-order valence-electron chi connectivity index (χ0n) is 15.7. The molecule has 2 amide bonds. The second kappa shape index (κ2) is 10.8. The highest BCUT2D eigenvalue weighted by Crippen LogP contribution is 2.25. The maximum absolute atomic E-state index is 12.5. The molecular weight excluding hydrogens is 403 g/mol. The van der Waals surface area contributed by atoms with Gasteiger partial charge in [0, 0.05) is 11.6 Å². The van der Waals surface area contributed by atoms with E-state index in [-0.39, 0.29) is 25.0 Å². The Morgan fingerprint density at radius 1 is 1.07 bits per heavy atom. The summed E-state index contributed by atoms with van der Waals surface area (Å²) in [5, 5.41) is 3.49. The summed E-state index contributed by atoms with van der Waals surface area (Å²) in [4.78, 5) is 26.3. The molecule has 0 aliphatic heterocycles. The Morgan fingerprint density at radius 2 is 1.75 bits per heavy atom. The van der Waals surface area contributed by atoms with Crippen LogP contribution in [0.3, 0.4) is 0 Å². The summed E-state index contributed by atoms with van der Waals surface area (Å²) < 4.78 is 10.6. The fraction of sp³-hybridized carbons (Fsp3) is 0.300. The lowest BCUT2D eigenvalue weighted by Crippen LogP contribution is -2.41. The molecule has 0 heterocycles. The molecule has 6 nitrogen and oxygen atoms in total. The van der Waals surface area contributed by atoms with E-state index in [1.807, 2.05) is 6.92 Å². The van der Waals surface area contributed by atoms with Gasteiger partial charge in [-0.15, -0.1) is 0 Å². The molecule has 0 atom stereocenters. The van der Waals surface area contributed by atoms with Crippen molar-refractivity contribution in [1.29, 1.82) is 0 Å². The van der Waals surface area contributed by atoms with Crippen molar-refractivity contribution in [2.75, 3.05) is 32.1 Å². The predicted molar refractivity (Wildman–Crippen MR) is 110 cm³/mol. The lowest BCUT2D eigenvalue weighted by atomic mass is 10.3. The zero-order chi connectivity index (χ0) is 20.5. The molecule has 0 saturated carbocycles. The van der Waals surface area contributed by atoms with Gasteiger partial charge in [-0.3, -0.25) is 9.59 Å². The second-order valence-corrected chi connectivity index (χ2v) is 6.80. The number of nitrogens with one attached hydrogen (secondary N) is 1. The minimum Gasteiger partial charge on any atom is -0.497 e. The molecule has 0 unspecified atom stereocenters. The smallest absolute Gasteiger partial charge is 0.260 e. The van der Waals surface area contributed by atoms with Gasteiger partial charge in [-0.2, -0.15) is 0 Å². The van der Waals surface area contributed by atoms with Crippen LogP contribution in [0.25, 0.3) is 0 Å². The average molecular weight is 425 g/mol. The number of methoxy groups -OCH3 is 1. The van der Waals surface area contributed by atoms with Gasteiger partial charge in [-0.25, -0.2) is 0 Å². The second-order valence-electron chi connectivity index (χ2n) is 5.95. The molecule has 1 N–H and O–H groups in total. The van der Waals surface area contributed by atoms with E-state index in [9.17, 15) is 9.59 Å². The largest absolute Gasteiger partial charge is 0.497 e. The Labute approximate surface area is 174 Å². The molecular formula is C20H22Cl2N2O4. The molecule has 8 heteroatoms. The topological polar surface area (TPSA) is 67.9 Å². The van der Waals surface area contributed by atoms with Crippen molar-refractivity contribution in [2.24, 2.45) is 0 Å². The maximum atomic E-state index is 12.5. The number of ether oxygens (including phenoxy) is 2. The van der Waals surface area contributed by atoms with Crippen LogP contribution in [0.15, 0.2) is 42.5 Å². The molecule has 0 radical (unpaired) electrons. The van der Waals surface area contributed by atoms with Crippen LogP contribution in [0, 0.1) is 0 Å². The lowest BCUT2D eigenvalue weighted by Gasteiger charge is -2.22. The summed E-state index contributed by atoms with van der Waals surface area (Å²) in [6.07, 6.45) is 0.712. The summed E-state index contributed by atoms with van der Waals surface area (Å²) in [7, 11) is 1.57. The van der Waals surface area contributed by atoms with Crippen LogP contribution >= 0.6 is 23.2 Å². The van der Waals surface area contributed by atoms with Gasteiger partial charge in [-0.1, -0.05) is 30.1 Å². The van der Waals surface area contributed by atoms with Crippen LogP contribution in [0.2, 0.25) is 10.0 Å². The van der Waals surface area contributed by atoms with Gasteiger partial charge in [0.1, 0.15) is 11.5 Å². The van der Waals surface area contributed by atoms with Crippen LogP contribution in [0.4, 0.5) is 5.69 Å². The van der Waals surface area contributed by atoms with E-state index in [0.29, 0.717) is 40.2 Å². The Bertz CT molecular complexity index is 812. The van der Waals surface area contributed by atoms with E-state index in [1.54, 1.807) is 43.5 Å². The normalized spacial score (nSPS) is 10.3. The maximum Gasteiger partial charge on any atom is 0.260 e. The third-order valence-corrected chi connectivity index (χ3v) is 4.36. The summed E-state index contributed by atoms with van der Waals surface area (Å²) >= 11 is 11.9. The Hall–Kier alpha value is -2.44. The minimum atomic E-state index is -0.351. The van der Waals surface area contributed by atoms with Crippen molar-refractivity contribution >= 4 is 40.7 Å². The highest BCUT2D eigenvalue weighted by Gasteiger charge is 2.18. The Balaban J connectivity index is 1.92. The fourth-order valence-electron chi connectivity index (χ4n) is 2.42. The number of hydrogen-bond acceptors (Lipinski definition) is 4. The molecule has 0 fully saturated rings. The van der Waals surface area contributed by atoms with Crippen molar-refractivity contribution in [3.63, 3.8) is 0 Å². The van der Waals surface area contributed by atoms with Crippen LogP contribution in [-0.2, 0) is 9.59 Å². The quantitative estimate of drug-likeness (QED) is 0.652. The highest BCUT2D eigenvalue weighted by molar-refractivity contribution is 6.36. The van der Waals surface area contributed by atoms with Crippen molar-refractivity contribution < 1.29 is 19.1 Å². The number of nitrogens with zero attached hydrogens (tertiary/aromatic N) is 1. The third kappa shape index (κ3) is 6.62. The van der Waals surface area contributed by atoms with Gasteiger partial charge in [0.15, 0.2) is 6.61 Å². The van der Waals surface area contributed by atoms with E-state index in [1.165, 1.54) is 11.0 Å². The highest BCUT2D eigenvalue weighted by atomic mass is 35.5. The first-order valence-corrected chi connectivity index (χ1v) is 9.48. The van der Waals surface area contributed by atoms with Crippen molar-refractivity contribution in [2.45, 2.75) is 13.3 Å². The van der Waals surface area contributed by atoms with Crippen molar-refractivity contribution in [3.8, 4) is 11.5 Å². The minimum absolute atomic E-state index is 0.0996. The number of carbonyl (C=O) groups is 2. The first-order valence-electron chi connectivity index (χ1n) is 8.72. The van der Waals surface area contributed by atoms with Crippen molar-refractivity contribution in [3.05, 3.63) is 52.5 Å². The molecule has 0 aromatic heterocycles. The standard InChI is InChI=1S/C20H22Cl2N2O4/c1-3-10-24(12-19(25)23-18-9-4-14(21)11-17(18)22)20(26)13-28-16-7-5-15(27-2)6-8-16/h4-9,11H,3,10,12-13H2,1-2H3,(H,23,25). The van der Waals surface area contributed by atoms with Crippen molar-refractivity contribution in [1.82, 2.24) is 4.90 Å².